The summed E-state index contributed by atoms with van der Waals surface area (Å²) in [5.74, 6) is 0.797. The summed E-state index contributed by atoms with van der Waals surface area (Å²) in [6.45, 7) is 9.44. The zero-order valence-corrected chi connectivity index (χ0v) is 15.5. The van der Waals surface area contributed by atoms with Crippen LogP contribution >= 0.6 is 0 Å². The Morgan fingerprint density at radius 2 is 1.88 bits per heavy atom. The molecule has 1 heterocycles. The van der Waals surface area contributed by atoms with Gasteiger partial charge in [0.15, 0.2) is 17.8 Å². The molecular weight excluding hydrogens is 320 g/mol. The van der Waals surface area contributed by atoms with Gasteiger partial charge in [-0.1, -0.05) is 25.5 Å². The van der Waals surface area contributed by atoms with Crippen LogP contribution in [-0.4, -0.2) is 26.3 Å². The van der Waals surface area contributed by atoms with Gasteiger partial charge >= 0.3 is 5.97 Å². The van der Waals surface area contributed by atoms with Crippen molar-refractivity contribution < 1.29 is 23.7 Å². The molecule has 0 spiro atoms. The van der Waals surface area contributed by atoms with E-state index < -0.39 is 0 Å². The highest BCUT2D eigenvalue weighted by atomic mass is 16.7. The van der Waals surface area contributed by atoms with Crippen molar-refractivity contribution in [3.05, 3.63) is 35.4 Å². The molecule has 0 radical (unpaired) electrons. The summed E-state index contributed by atoms with van der Waals surface area (Å²) in [5, 5.41) is 0. The molecular formula is C20H26O5. The molecule has 0 amide bonds. The second-order valence-corrected chi connectivity index (χ2v) is 7.47. The van der Waals surface area contributed by atoms with Crippen LogP contribution in [0.15, 0.2) is 29.8 Å². The molecule has 1 aromatic rings. The summed E-state index contributed by atoms with van der Waals surface area (Å²) in [6, 6.07) is 5.37. The normalized spacial score (nSPS) is 24.7. The standard InChI is InChI=1S/C20H26O5/c1-12(2)10-14-17(20(14,3)4)18(21)25-15-7-6-13(11-16(15)22-5)19-23-8-9-24-19/h6-7,10-11,14,17,19H,8-9H2,1-5H3. The second kappa shape index (κ2) is 6.81. The molecule has 1 saturated carbocycles. The molecule has 25 heavy (non-hydrogen) atoms. The minimum Gasteiger partial charge on any atom is -0.493 e. The van der Waals surface area contributed by atoms with E-state index in [-0.39, 0.29) is 29.5 Å². The van der Waals surface area contributed by atoms with Crippen LogP contribution in [0.25, 0.3) is 0 Å². The third kappa shape index (κ3) is 3.58. The molecule has 2 aliphatic rings. The minimum absolute atomic E-state index is 0.0763. The van der Waals surface area contributed by atoms with Crippen LogP contribution < -0.4 is 9.47 Å². The van der Waals surface area contributed by atoms with Crippen LogP contribution in [0.1, 0.15) is 39.5 Å². The van der Waals surface area contributed by atoms with E-state index in [2.05, 4.69) is 19.9 Å². The van der Waals surface area contributed by atoms with Crippen LogP contribution in [0, 0.1) is 17.3 Å². The predicted octanol–water partition coefficient (Wildman–Crippen LogP) is 3.88. The SMILES string of the molecule is COc1cc(C2OCCO2)ccc1OC(=O)C1C(C=C(C)C)C1(C)C. The number of hydrogen-bond acceptors (Lipinski definition) is 5. The summed E-state index contributed by atoms with van der Waals surface area (Å²) in [6.07, 6.45) is 1.77. The maximum Gasteiger partial charge on any atom is 0.315 e. The highest BCUT2D eigenvalue weighted by Crippen LogP contribution is 2.60. The summed E-state index contributed by atoms with van der Waals surface area (Å²) >= 11 is 0. The Bertz CT molecular complexity index is 681. The lowest BCUT2D eigenvalue weighted by molar-refractivity contribution is -0.136. The molecule has 3 rings (SSSR count). The van der Waals surface area contributed by atoms with Gasteiger partial charge in [0.05, 0.1) is 26.2 Å². The molecule has 5 heteroatoms. The molecule has 2 unspecified atom stereocenters. The van der Waals surface area contributed by atoms with Crippen LogP contribution in [-0.2, 0) is 14.3 Å². The van der Waals surface area contributed by atoms with E-state index in [1.54, 1.807) is 19.2 Å². The molecule has 1 aliphatic heterocycles. The van der Waals surface area contributed by atoms with Gasteiger partial charge in [-0.05, 0) is 43.4 Å². The Labute approximate surface area is 148 Å². The van der Waals surface area contributed by atoms with Gasteiger partial charge in [-0.3, -0.25) is 4.79 Å². The average Bonchev–Trinajstić information content (AvgIpc) is 2.95. The van der Waals surface area contributed by atoms with Crippen molar-refractivity contribution in [2.24, 2.45) is 17.3 Å². The van der Waals surface area contributed by atoms with Crippen LogP contribution in [0.2, 0.25) is 0 Å². The van der Waals surface area contributed by atoms with Crippen molar-refractivity contribution in [2.75, 3.05) is 20.3 Å². The van der Waals surface area contributed by atoms with Gasteiger partial charge in [-0.25, -0.2) is 0 Å². The zero-order valence-electron chi connectivity index (χ0n) is 15.5. The number of ether oxygens (including phenoxy) is 4. The van der Waals surface area contributed by atoms with Gasteiger partial charge < -0.3 is 18.9 Å². The molecule has 1 saturated heterocycles. The number of benzene rings is 1. The van der Waals surface area contributed by atoms with Crippen molar-refractivity contribution >= 4 is 5.97 Å². The highest BCUT2D eigenvalue weighted by Gasteiger charge is 2.61. The Kier molecular flexibility index (Phi) is 4.89. The third-order valence-corrected chi connectivity index (χ3v) is 4.97. The lowest BCUT2D eigenvalue weighted by atomic mass is 10.1. The van der Waals surface area contributed by atoms with E-state index in [1.165, 1.54) is 5.57 Å². The van der Waals surface area contributed by atoms with Crippen molar-refractivity contribution in [1.82, 2.24) is 0 Å². The van der Waals surface area contributed by atoms with Gasteiger partial charge in [-0.15, -0.1) is 0 Å². The van der Waals surface area contributed by atoms with Crippen LogP contribution in [0.5, 0.6) is 11.5 Å². The molecule has 136 valence electrons. The lowest BCUT2D eigenvalue weighted by Crippen LogP contribution is -2.14. The number of allylic oxidation sites excluding steroid dienone is 2. The molecule has 2 fully saturated rings. The van der Waals surface area contributed by atoms with Gasteiger partial charge in [0, 0.05) is 5.56 Å². The fraction of sp³-hybridized carbons (Fsp3) is 0.550. The number of carbonyl (C=O) groups is 1. The Balaban J connectivity index is 1.74. The Hall–Kier alpha value is -1.85. The monoisotopic (exact) mass is 346 g/mol. The predicted molar refractivity (Wildman–Crippen MR) is 93.5 cm³/mol. The number of rotatable bonds is 5. The van der Waals surface area contributed by atoms with Gasteiger partial charge in [0.25, 0.3) is 0 Å². The summed E-state index contributed by atoms with van der Waals surface area (Å²) < 4.78 is 22.0. The maximum absolute atomic E-state index is 12.6. The number of hydrogen-bond donors (Lipinski definition) is 0. The third-order valence-electron chi connectivity index (χ3n) is 4.97. The first-order chi connectivity index (χ1) is 11.8. The van der Waals surface area contributed by atoms with Crippen molar-refractivity contribution in [1.29, 1.82) is 0 Å². The molecule has 0 aromatic heterocycles. The Morgan fingerprint density at radius 1 is 1.20 bits per heavy atom. The van der Waals surface area contributed by atoms with E-state index in [0.717, 1.165) is 5.56 Å². The maximum atomic E-state index is 12.6. The molecule has 1 aliphatic carbocycles. The quantitative estimate of drug-likeness (QED) is 0.460. The first kappa shape index (κ1) is 18.0. The van der Waals surface area contributed by atoms with E-state index in [4.69, 9.17) is 18.9 Å². The molecule has 0 N–H and O–H groups in total. The van der Waals surface area contributed by atoms with Crippen LogP contribution in [0.3, 0.4) is 0 Å². The minimum atomic E-state index is -0.386. The summed E-state index contributed by atoms with van der Waals surface area (Å²) in [5.41, 5.74) is 1.99. The van der Waals surface area contributed by atoms with Crippen molar-refractivity contribution in [3.8, 4) is 11.5 Å². The first-order valence-corrected chi connectivity index (χ1v) is 8.62. The van der Waals surface area contributed by atoms with Gasteiger partial charge in [-0.2, -0.15) is 0 Å². The van der Waals surface area contributed by atoms with E-state index in [1.807, 2.05) is 19.9 Å². The smallest absolute Gasteiger partial charge is 0.315 e. The first-order valence-electron chi connectivity index (χ1n) is 8.62. The molecule has 1 aromatic carbocycles. The summed E-state index contributed by atoms with van der Waals surface area (Å²) in [4.78, 5) is 12.6. The van der Waals surface area contributed by atoms with Gasteiger partial charge in [0.1, 0.15) is 0 Å². The molecule has 2 atom stereocenters. The fourth-order valence-electron chi connectivity index (χ4n) is 3.44. The van der Waals surface area contributed by atoms with Gasteiger partial charge in [0.2, 0.25) is 0 Å². The highest BCUT2D eigenvalue weighted by molar-refractivity contribution is 5.81. The van der Waals surface area contributed by atoms with Crippen LogP contribution in [0.4, 0.5) is 0 Å². The van der Waals surface area contributed by atoms with E-state index in [9.17, 15) is 4.79 Å². The van der Waals surface area contributed by atoms with Crippen molar-refractivity contribution in [2.45, 2.75) is 34.0 Å². The Morgan fingerprint density at radius 3 is 2.48 bits per heavy atom. The number of carbonyl (C=O) groups excluding carboxylic acids is 1. The average molecular weight is 346 g/mol. The van der Waals surface area contributed by atoms with E-state index in [0.29, 0.717) is 24.7 Å². The number of methoxy groups -OCH3 is 1. The molecule has 0 bridgehead atoms. The second-order valence-electron chi connectivity index (χ2n) is 7.47. The topological polar surface area (TPSA) is 54.0 Å². The van der Waals surface area contributed by atoms with E-state index >= 15 is 0 Å². The lowest BCUT2D eigenvalue weighted by Gasteiger charge is -2.14. The fourth-order valence-corrected chi connectivity index (χ4v) is 3.44. The molecule has 5 nitrogen and oxygen atoms in total. The number of esters is 1. The zero-order chi connectivity index (χ0) is 18.2. The van der Waals surface area contributed by atoms with Crippen molar-refractivity contribution in [3.63, 3.8) is 0 Å². The largest absolute Gasteiger partial charge is 0.493 e. The summed E-state index contributed by atoms with van der Waals surface area (Å²) in [7, 11) is 1.56.